The molecule has 0 saturated carbocycles. The van der Waals surface area contributed by atoms with Crippen LogP contribution in [0.5, 0.6) is 0 Å². The number of primary amides is 2. The first-order valence-corrected chi connectivity index (χ1v) is 10.0. The molecule has 32 heavy (non-hydrogen) atoms. The maximum absolute atomic E-state index is 12.5. The standard InChI is InChI=1S/C24H20N6O2/c1-2-19-17(12-28-30(19)13-15-9-7-14(11-25)8-10-15)20-21(23(26)31)16-5-3-4-6-18(16)29-22(20)24(27)32/h3-10,12H,2,13H2,1H3,(H2,26,31)(H2,27,32). The summed E-state index contributed by atoms with van der Waals surface area (Å²) < 4.78 is 1.79. The van der Waals surface area contributed by atoms with Gasteiger partial charge in [0.25, 0.3) is 5.91 Å². The Morgan fingerprint density at radius 3 is 2.41 bits per heavy atom. The summed E-state index contributed by atoms with van der Waals surface area (Å²) in [5.41, 5.74) is 15.3. The van der Waals surface area contributed by atoms with E-state index in [2.05, 4.69) is 16.2 Å². The number of benzene rings is 2. The lowest BCUT2D eigenvalue weighted by atomic mass is 9.93. The minimum Gasteiger partial charge on any atom is -0.366 e. The molecule has 2 heterocycles. The maximum atomic E-state index is 12.5. The molecule has 2 aromatic heterocycles. The van der Waals surface area contributed by atoms with Crippen molar-refractivity contribution in [3.05, 3.63) is 82.8 Å². The van der Waals surface area contributed by atoms with E-state index < -0.39 is 11.8 Å². The summed E-state index contributed by atoms with van der Waals surface area (Å²) in [5, 5.41) is 14.0. The predicted molar refractivity (Wildman–Crippen MR) is 120 cm³/mol. The van der Waals surface area contributed by atoms with Gasteiger partial charge in [0.1, 0.15) is 5.69 Å². The monoisotopic (exact) mass is 424 g/mol. The number of carbonyl (C=O) groups is 2. The number of para-hydroxylation sites is 1. The van der Waals surface area contributed by atoms with Crippen molar-refractivity contribution in [3.8, 4) is 17.2 Å². The zero-order valence-corrected chi connectivity index (χ0v) is 17.4. The number of aromatic nitrogens is 3. The summed E-state index contributed by atoms with van der Waals surface area (Å²) in [5.74, 6) is -1.43. The molecule has 2 amide bonds. The Morgan fingerprint density at radius 2 is 1.78 bits per heavy atom. The highest BCUT2D eigenvalue weighted by atomic mass is 16.1. The molecule has 0 unspecified atom stereocenters. The van der Waals surface area contributed by atoms with Crippen molar-refractivity contribution < 1.29 is 9.59 Å². The van der Waals surface area contributed by atoms with Crippen LogP contribution in [0.2, 0.25) is 0 Å². The molecule has 0 atom stereocenters. The number of carbonyl (C=O) groups excluding carboxylic acids is 2. The number of nitrogens with zero attached hydrogens (tertiary/aromatic N) is 4. The highest BCUT2D eigenvalue weighted by Gasteiger charge is 2.26. The fraction of sp³-hybridized carbons (Fsp3) is 0.125. The lowest BCUT2D eigenvalue weighted by Crippen LogP contribution is -2.21. The molecule has 0 radical (unpaired) electrons. The maximum Gasteiger partial charge on any atom is 0.267 e. The molecule has 4 aromatic rings. The molecule has 0 spiro atoms. The van der Waals surface area contributed by atoms with E-state index in [0.29, 0.717) is 40.6 Å². The van der Waals surface area contributed by atoms with E-state index in [-0.39, 0.29) is 11.3 Å². The fourth-order valence-electron chi connectivity index (χ4n) is 3.89. The van der Waals surface area contributed by atoms with Gasteiger partial charge in [-0.2, -0.15) is 10.4 Å². The molecule has 0 aliphatic carbocycles. The van der Waals surface area contributed by atoms with Crippen molar-refractivity contribution >= 4 is 22.7 Å². The van der Waals surface area contributed by atoms with Crippen molar-refractivity contribution in [2.24, 2.45) is 11.5 Å². The van der Waals surface area contributed by atoms with Gasteiger partial charge >= 0.3 is 0 Å². The average molecular weight is 424 g/mol. The molecule has 2 aromatic carbocycles. The number of rotatable bonds is 6. The van der Waals surface area contributed by atoms with Crippen LogP contribution in [0.4, 0.5) is 0 Å². The van der Waals surface area contributed by atoms with Crippen LogP contribution in [0.25, 0.3) is 22.0 Å². The summed E-state index contributed by atoms with van der Waals surface area (Å²) >= 11 is 0. The van der Waals surface area contributed by atoms with E-state index in [9.17, 15) is 9.59 Å². The summed E-state index contributed by atoms with van der Waals surface area (Å²) in [7, 11) is 0. The van der Waals surface area contributed by atoms with Gasteiger partial charge in [0.2, 0.25) is 5.91 Å². The Bertz CT molecular complexity index is 1400. The van der Waals surface area contributed by atoms with Crippen molar-refractivity contribution in [1.29, 1.82) is 5.26 Å². The third-order valence-corrected chi connectivity index (χ3v) is 5.34. The Labute approximate surface area is 184 Å². The molecule has 0 aliphatic rings. The van der Waals surface area contributed by atoms with Crippen LogP contribution in [0, 0.1) is 11.3 Å². The van der Waals surface area contributed by atoms with E-state index in [4.69, 9.17) is 16.7 Å². The second-order valence-corrected chi connectivity index (χ2v) is 7.28. The average Bonchev–Trinajstić information content (AvgIpc) is 3.20. The fourth-order valence-corrected chi connectivity index (χ4v) is 3.89. The summed E-state index contributed by atoms with van der Waals surface area (Å²) in [6, 6.07) is 16.3. The van der Waals surface area contributed by atoms with Crippen LogP contribution in [-0.4, -0.2) is 26.6 Å². The van der Waals surface area contributed by atoms with Gasteiger partial charge < -0.3 is 11.5 Å². The minimum absolute atomic E-state index is 0.0230. The van der Waals surface area contributed by atoms with Gasteiger partial charge in [0.15, 0.2) is 0 Å². The number of hydrogen-bond acceptors (Lipinski definition) is 5. The first-order valence-electron chi connectivity index (χ1n) is 10.0. The molecule has 8 nitrogen and oxygen atoms in total. The Balaban J connectivity index is 1.93. The highest BCUT2D eigenvalue weighted by Crippen LogP contribution is 2.34. The molecule has 0 fully saturated rings. The quantitative estimate of drug-likeness (QED) is 0.490. The van der Waals surface area contributed by atoms with Crippen LogP contribution in [-0.2, 0) is 13.0 Å². The largest absolute Gasteiger partial charge is 0.366 e. The van der Waals surface area contributed by atoms with E-state index in [1.165, 1.54) is 0 Å². The van der Waals surface area contributed by atoms with Crippen LogP contribution >= 0.6 is 0 Å². The van der Waals surface area contributed by atoms with Gasteiger partial charge in [-0.05, 0) is 30.2 Å². The van der Waals surface area contributed by atoms with Crippen LogP contribution in [0.15, 0.2) is 54.7 Å². The van der Waals surface area contributed by atoms with Crippen molar-refractivity contribution in [2.45, 2.75) is 19.9 Å². The van der Waals surface area contributed by atoms with Gasteiger partial charge in [-0.15, -0.1) is 0 Å². The highest BCUT2D eigenvalue weighted by molar-refractivity contribution is 6.15. The van der Waals surface area contributed by atoms with E-state index >= 15 is 0 Å². The topological polar surface area (TPSA) is 141 Å². The zero-order chi connectivity index (χ0) is 22.8. The van der Waals surface area contributed by atoms with Gasteiger partial charge in [0.05, 0.1) is 35.5 Å². The third-order valence-electron chi connectivity index (χ3n) is 5.34. The van der Waals surface area contributed by atoms with Crippen molar-refractivity contribution in [1.82, 2.24) is 14.8 Å². The number of nitrogens with two attached hydrogens (primary N) is 2. The molecule has 4 rings (SSSR count). The molecular formula is C24H20N6O2. The van der Waals surface area contributed by atoms with Crippen molar-refractivity contribution in [2.75, 3.05) is 0 Å². The predicted octanol–water partition coefficient (Wildman–Crippen LogP) is 2.78. The first kappa shape index (κ1) is 20.8. The van der Waals surface area contributed by atoms with Gasteiger partial charge in [-0.1, -0.05) is 37.3 Å². The zero-order valence-electron chi connectivity index (χ0n) is 17.4. The number of nitriles is 1. The van der Waals surface area contributed by atoms with Gasteiger partial charge in [-0.3, -0.25) is 14.3 Å². The second-order valence-electron chi connectivity index (χ2n) is 7.28. The summed E-state index contributed by atoms with van der Waals surface area (Å²) in [6.07, 6.45) is 2.18. The number of fused-ring (bicyclic) bond motifs is 1. The third kappa shape index (κ3) is 3.56. The number of pyridine rings is 1. The molecular weight excluding hydrogens is 404 g/mol. The Hall–Kier alpha value is -4.51. The van der Waals surface area contributed by atoms with E-state index in [0.717, 1.165) is 11.3 Å². The van der Waals surface area contributed by atoms with Crippen LogP contribution < -0.4 is 11.5 Å². The number of hydrogen-bond donors (Lipinski definition) is 2. The second kappa shape index (κ2) is 8.32. The molecule has 0 saturated heterocycles. The molecule has 0 aliphatic heterocycles. The molecule has 0 bridgehead atoms. The van der Waals surface area contributed by atoms with Crippen molar-refractivity contribution in [3.63, 3.8) is 0 Å². The number of amides is 2. The molecule has 4 N–H and O–H groups in total. The van der Waals surface area contributed by atoms with Crippen LogP contribution in [0.3, 0.4) is 0 Å². The SMILES string of the molecule is CCc1c(-c2c(C(N)=O)nc3ccccc3c2C(N)=O)cnn1Cc1ccc(C#N)cc1. The lowest BCUT2D eigenvalue weighted by molar-refractivity contribution is 0.0996. The molecule has 8 heteroatoms. The smallest absolute Gasteiger partial charge is 0.267 e. The minimum atomic E-state index is -0.754. The van der Waals surface area contributed by atoms with Gasteiger partial charge in [-0.25, -0.2) is 4.98 Å². The van der Waals surface area contributed by atoms with Crippen LogP contribution in [0.1, 0.15) is 44.6 Å². The molecule has 158 valence electrons. The Morgan fingerprint density at radius 1 is 1.06 bits per heavy atom. The summed E-state index contributed by atoms with van der Waals surface area (Å²) in [6.45, 7) is 2.41. The summed E-state index contributed by atoms with van der Waals surface area (Å²) in [4.78, 5) is 29.3. The Kier molecular flexibility index (Phi) is 5.39. The first-order chi connectivity index (χ1) is 15.4. The lowest BCUT2D eigenvalue weighted by Gasteiger charge is -2.15. The van der Waals surface area contributed by atoms with E-state index in [1.54, 1.807) is 47.3 Å². The normalized spacial score (nSPS) is 10.8. The van der Waals surface area contributed by atoms with E-state index in [1.807, 2.05) is 19.1 Å². The van der Waals surface area contributed by atoms with Gasteiger partial charge in [0, 0.05) is 22.2 Å².